The molecule has 1 atom stereocenters. The van der Waals surface area contributed by atoms with Gasteiger partial charge in [-0.1, -0.05) is 25.1 Å². The van der Waals surface area contributed by atoms with Crippen molar-refractivity contribution in [1.82, 2.24) is 0 Å². The predicted octanol–water partition coefficient (Wildman–Crippen LogP) is 4.21. The number of rotatable bonds is 5. The molecule has 0 bridgehead atoms. The molecule has 0 radical (unpaired) electrons. The Kier molecular flexibility index (Phi) is 5.32. The molecule has 0 fully saturated rings. The fraction of sp³-hybridized carbons (Fsp3) is 0.400. The third-order valence-electron chi connectivity index (χ3n) is 4.73. The third kappa shape index (κ3) is 3.75. The molecule has 1 aliphatic rings. The fourth-order valence-electron chi connectivity index (χ4n) is 3.39. The van der Waals surface area contributed by atoms with Crippen LogP contribution >= 0.6 is 11.3 Å². The quantitative estimate of drug-likeness (QED) is 0.823. The molecular formula is C20H23NO4S. The largest absolute Gasteiger partial charge is 0.483 e. The van der Waals surface area contributed by atoms with Gasteiger partial charge in [-0.2, -0.15) is 0 Å². The maximum Gasteiger partial charge on any atom is 0.339 e. The Hall–Kier alpha value is -2.34. The first-order chi connectivity index (χ1) is 12.4. The number of carbonyl (C=O) groups excluding carboxylic acids is 1. The lowest BCUT2D eigenvalue weighted by Crippen LogP contribution is -2.21. The monoisotopic (exact) mass is 373 g/mol. The third-order valence-corrected chi connectivity index (χ3v) is 5.90. The van der Waals surface area contributed by atoms with Gasteiger partial charge in [-0.25, -0.2) is 4.79 Å². The average Bonchev–Trinajstić information content (AvgIpc) is 2.91. The molecule has 1 amide bonds. The smallest absolute Gasteiger partial charge is 0.339 e. The summed E-state index contributed by atoms with van der Waals surface area (Å²) in [5.41, 5.74) is 3.05. The number of hydrogen-bond acceptors (Lipinski definition) is 4. The summed E-state index contributed by atoms with van der Waals surface area (Å²) in [6.45, 7) is 5.87. The number of carboxylic acids is 1. The van der Waals surface area contributed by atoms with Crippen molar-refractivity contribution < 1.29 is 19.4 Å². The lowest BCUT2D eigenvalue weighted by Gasteiger charge is -2.17. The van der Waals surface area contributed by atoms with Crippen LogP contribution in [-0.4, -0.2) is 23.6 Å². The second-order valence-electron chi connectivity index (χ2n) is 6.92. The summed E-state index contributed by atoms with van der Waals surface area (Å²) in [6, 6.07) is 5.79. The lowest BCUT2D eigenvalue weighted by atomic mass is 9.88. The molecule has 1 aromatic heterocycles. The van der Waals surface area contributed by atoms with Gasteiger partial charge in [0.05, 0.1) is 5.56 Å². The fourth-order valence-corrected chi connectivity index (χ4v) is 4.81. The second kappa shape index (κ2) is 7.50. The van der Waals surface area contributed by atoms with E-state index in [4.69, 9.17) is 4.74 Å². The highest BCUT2D eigenvalue weighted by Gasteiger charge is 2.28. The van der Waals surface area contributed by atoms with Crippen molar-refractivity contribution in [1.29, 1.82) is 0 Å². The van der Waals surface area contributed by atoms with Crippen LogP contribution in [0.5, 0.6) is 5.75 Å². The number of benzene rings is 1. The maximum absolute atomic E-state index is 12.3. The molecule has 5 nitrogen and oxygen atoms in total. The minimum Gasteiger partial charge on any atom is -0.483 e. The molecule has 3 rings (SSSR count). The number of carbonyl (C=O) groups is 2. The zero-order valence-corrected chi connectivity index (χ0v) is 16.0. The highest BCUT2D eigenvalue weighted by Crippen LogP contribution is 2.39. The molecule has 0 aliphatic heterocycles. The molecule has 138 valence electrons. The van der Waals surface area contributed by atoms with E-state index in [1.54, 1.807) is 0 Å². The van der Waals surface area contributed by atoms with Gasteiger partial charge in [-0.3, -0.25) is 4.79 Å². The maximum atomic E-state index is 12.3. The topological polar surface area (TPSA) is 75.6 Å². The molecule has 1 heterocycles. The highest BCUT2D eigenvalue weighted by molar-refractivity contribution is 7.17. The number of para-hydroxylation sites is 1. The van der Waals surface area contributed by atoms with E-state index in [2.05, 4.69) is 12.2 Å². The molecule has 1 aliphatic carbocycles. The summed E-state index contributed by atoms with van der Waals surface area (Å²) in [7, 11) is 0. The lowest BCUT2D eigenvalue weighted by molar-refractivity contribution is -0.118. The van der Waals surface area contributed by atoms with E-state index in [0.29, 0.717) is 16.7 Å². The molecular weight excluding hydrogens is 350 g/mol. The van der Waals surface area contributed by atoms with E-state index in [9.17, 15) is 14.7 Å². The number of amides is 1. The van der Waals surface area contributed by atoms with Gasteiger partial charge < -0.3 is 15.2 Å². The molecule has 0 saturated carbocycles. The first kappa shape index (κ1) is 18.5. The summed E-state index contributed by atoms with van der Waals surface area (Å²) >= 11 is 1.38. The van der Waals surface area contributed by atoms with Gasteiger partial charge in [0, 0.05) is 4.88 Å². The number of thiophene rings is 1. The van der Waals surface area contributed by atoms with Crippen LogP contribution in [0.3, 0.4) is 0 Å². The normalized spacial score (nSPS) is 16.0. The zero-order valence-electron chi connectivity index (χ0n) is 15.2. The first-order valence-electron chi connectivity index (χ1n) is 8.73. The Morgan fingerprint density at radius 1 is 1.31 bits per heavy atom. The minimum atomic E-state index is -0.983. The molecule has 26 heavy (non-hydrogen) atoms. The van der Waals surface area contributed by atoms with Crippen LogP contribution in [0.15, 0.2) is 18.2 Å². The average molecular weight is 373 g/mol. The second-order valence-corrected chi connectivity index (χ2v) is 8.02. The summed E-state index contributed by atoms with van der Waals surface area (Å²) in [6.07, 6.45) is 2.60. The van der Waals surface area contributed by atoms with Gasteiger partial charge in [0.15, 0.2) is 6.61 Å². The summed E-state index contributed by atoms with van der Waals surface area (Å²) < 4.78 is 5.67. The Morgan fingerprint density at radius 3 is 2.65 bits per heavy atom. The standard InChI is InChI=1S/C20H23NO4S/c1-11-7-8-14-15(9-11)26-19(17(14)20(23)24)21-16(22)10-25-18-12(2)5-4-6-13(18)3/h4-6,11H,7-10H2,1-3H3,(H,21,22)(H,23,24). The van der Waals surface area contributed by atoms with Crippen molar-refractivity contribution in [3.8, 4) is 5.75 Å². The van der Waals surface area contributed by atoms with Crippen LogP contribution in [0, 0.1) is 19.8 Å². The highest BCUT2D eigenvalue weighted by atomic mass is 32.1. The van der Waals surface area contributed by atoms with E-state index >= 15 is 0 Å². The summed E-state index contributed by atoms with van der Waals surface area (Å²) in [4.78, 5) is 25.1. The van der Waals surface area contributed by atoms with Crippen LogP contribution in [-0.2, 0) is 17.6 Å². The SMILES string of the molecule is Cc1cccc(C)c1OCC(=O)Nc1sc2c(c1C(=O)O)CCC(C)C2. The van der Waals surface area contributed by atoms with Crippen LogP contribution in [0.2, 0.25) is 0 Å². The zero-order chi connectivity index (χ0) is 18.8. The van der Waals surface area contributed by atoms with Crippen LogP contribution in [0.4, 0.5) is 5.00 Å². The van der Waals surface area contributed by atoms with Crippen molar-refractivity contribution in [2.75, 3.05) is 11.9 Å². The number of anilines is 1. The van der Waals surface area contributed by atoms with Crippen LogP contribution in [0.1, 0.15) is 45.3 Å². The van der Waals surface area contributed by atoms with Crippen molar-refractivity contribution in [3.05, 3.63) is 45.3 Å². The molecule has 2 aromatic rings. The van der Waals surface area contributed by atoms with Gasteiger partial charge in [0.2, 0.25) is 0 Å². The predicted molar refractivity (Wildman–Crippen MR) is 103 cm³/mol. The molecule has 0 spiro atoms. The van der Waals surface area contributed by atoms with E-state index in [1.807, 2.05) is 32.0 Å². The molecule has 0 saturated heterocycles. The van der Waals surface area contributed by atoms with Crippen molar-refractivity contribution >= 4 is 28.2 Å². The number of carboxylic acid groups (broad SMARTS) is 1. The number of hydrogen-bond donors (Lipinski definition) is 2. The van der Waals surface area contributed by atoms with Crippen LogP contribution < -0.4 is 10.1 Å². The van der Waals surface area contributed by atoms with Crippen molar-refractivity contribution in [3.63, 3.8) is 0 Å². The van der Waals surface area contributed by atoms with Crippen LogP contribution in [0.25, 0.3) is 0 Å². The molecule has 1 aromatic carbocycles. The summed E-state index contributed by atoms with van der Waals surface area (Å²) in [5, 5.41) is 12.8. The van der Waals surface area contributed by atoms with E-state index in [-0.39, 0.29) is 18.1 Å². The van der Waals surface area contributed by atoms with Crippen molar-refractivity contribution in [2.24, 2.45) is 5.92 Å². The van der Waals surface area contributed by atoms with Gasteiger partial charge >= 0.3 is 5.97 Å². The van der Waals surface area contributed by atoms with Crippen molar-refractivity contribution in [2.45, 2.75) is 40.0 Å². The van der Waals surface area contributed by atoms with E-state index in [0.717, 1.165) is 40.8 Å². The van der Waals surface area contributed by atoms with E-state index in [1.165, 1.54) is 11.3 Å². The molecule has 2 N–H and O–H groups in total. The summed E-state index contributed by atoms with van der Waals surface area (Å²) in [5.74, 6) is -0.0936. The van der Waals surface area contributed by atoms with Gasteiger partial charge in [-0.05, 0) is 55.7 Å². The Balaban J connectivity index is 1.74. The first-order valence-corrected chi connectivity index (χ1v) is 9.55. The number of fused-ring (bicyclic) bond motifs is 1. The Bertz CT molecular complexity index is 835. The Labute approximate surface area is 157 Å². The number of ether oxygens (including phenoxy) is 1. The van der Waals surface area contributed by atoms with E-state index < -0.39 is 5.97 Å². The molecule has 1 unspecified atom stereocenters. The minimum absolute atomic E-state index is 0.149. The Morgan fingerprint density at radius 2 is 2.00 bits per heavy atom. The number of aryl methyl sites for hydroxylation is 2. The van der Waals surface area contributed by atoms with Gasteiger partial charge in [-0.15, -0.1) is 11.3 Å². The molecule has 6 heteroatoms. The van der Waals surface area contributed by atoms with Gasteiger partial charge in [0.25, 0.3) is 5.91 Å². The number of aromatic carboxylic acids is 1. The van der Waals surface area contributed by atoms with Gasteiger partial charge in [0.1, 0.15) is 10.8 Å². The number of nitrogens with one attached hydrogen (secondary N) is 1.